The molecule has 0 fully saturated rings. The maximum absolute atomic E-state index is 11.3. The van der Waals surface area contributed by atoms with Crippen molar-refractivity contribution in [2.75, 3.05) is 5.32 Å². The van der Waals surface area contributed by atoms with Gasteiger partial charge in [0, 0.05) is 17.8 Å². The summed E-state index contributed by atoms with van der Waals surface area (Å²) >= 11 is 0. The molecular formula is C22H20N2O4. The molecule has 3 rings (SSSR count). The van der Waals surface area contributed by atoms with Crippen LogP contribution in [0.1, 0.15) is 27.9 Å². The van der Waals surface area contributed by atoms with Gasteiger partial charge in [0.15, 0.2) is 0 Å². The van der Waals surface area contributed by atoms with Gasteiger partial charge in [0.1, 0.15) is 0 Å². The summed E-state index contributed by atoms with van der Waals surface area (Å²) < 4.78 is 0. The molecule has 0 aromatic heterocycles. The van der Waals surface area contributed by atoms with E-state index in [-0.39, 0.29) is 11.3 Å². The first-order chi connectivity index (χ1) is 13.5. The lowest BCUT2D eigenvalue weighted by atomic mass is 10.0. The summed E-state index contributed by atoms with van der Waals surface area (Å²) in [6.07, 6.45) is 2.68. The minimum Gasteiger partial charge on any atom is -0.478 e. The third-order valence-electron chi connectivity index (χ3n) is 4.47. The second kappa shape index (κ2) is 8.81. The van der Waals surface area contributed by atoms with Crippen LogP contribution in [0.15, 0.2) is 72.8 Å². The Morgan fingerprint density at radius 1 is 0.893 bits per heavy atom. The molecule has 0 radical (unpaired) electrons. The number of nitrogens with zero attached hydrogens (tertiary/aromatic N) is 1. The zero-order valence-corrected chi connectivity index (χ0v) is 15.2. The first kappa shape index (κ1) is 19.1. The Labute approximate surface area is 162 Å². The lowest BCUT2D eigenvalue weighted by Gasteiger charge is -2.10. The number of para-hydroxylation sites is 1. The molecule has 0 atom stereocenters. The zero-order valence-electron chi connectivity index (χ0n) is 15.2. The first-order valence-electron chi connectivity index (χ1n) is 8.94. The van der Waals surface area contributed by atoms with Crippen LogP contribution in [-0.4, -0.2) is 16.0 Å². The van der Waals surface area contributed by atoms with E-state index in [2.05, 4.69) is 5.32 Å². The number of nitro groups is 1. The van der Waals surface area contributed by atoms with Gasteiger partial charge < -0.3 is 10.4 Å². The number of aryl methyl sites for hydroxylation is 2. The number of carboxylic acid groups (broad SMARTS) is 1. The highest BCUT2D eigenvalue weighted by Gasteiger charge is 2.09. The number of benzene rings is 3. The van der Waals surface area contributed by atoms with Crippen LogP contribution in [0.3, 0.4) is 0 Å². The molecule has 142 valence electrons. The van der Waals surface area contributed by atoms with Gasteiger partial charge in [-0.1, -0.05) is 36.4 Å². The molecule has 0 spiro atoms. The fourth-order valence-corrected chi connectivity index (χ4v) is 2.97. The zero-order chi connectivity index (χ0) is 19.9. The topological polar surface area (TPSA) is 92.5 Å². The van der Waals surface area contributed by atoms with Crippen LogP contribution >= 0.6 is 0 Å². The number of carboxylic acids is 1. The molecule has 0 bridgehead atoms. The highest BCUT2D eigenvalue weighted by Crippen LogP contribution is 2.22. The van der Waals surface area contributed by atoms with Crippen molar-refractivity contribution in [3.8, 4) is 0 Å². The van der Waals surface area contributed by atoms with E-state index < -0.39 is 10.9 Å². The summed E-state index contributed by atoms with van der Waals surface area (Å²) in [5, 5.41) is 23.1. The van der Waals surface area contributed by atoms with E-state index in [4.69, 9.17) is 0 Å². The van der Waals surface area contributed by atoms with Crippen molar-refractivity contribution in [2.45, 2.75) is 19.3 Å². The molecule has 3 aromatic rings. The molecule has 6 nitrogen and oxygen atoms in total. The summed E-state index contributed by atoms with van der Waals surface area (Å²) in [6, 6.07) is 21.3. The summed E-state index contributed by atoms with van der Waals surface area (Å²) in [6.45, 7) is 0. The normalized spacial score (nSPS) is 10.4. The molecule has 0 unspecified atom stereocenters. The third kappa shape index (κ3) is 4.94. The highest BCUT2D eigenvalue weighted by molar-refractivity contribution is 5.95. The van der Waals surface area contributed by atoms with Crippen LogP contribution < -0.4 is 5.32 Å². The van der Waals surface area contributed by atoms with E-state index >= 15 is 0 Å². The Hall–Kier alpha value is -3.67. The van der Waals surface area contributed by atoms with Crippen LogP contribution in [0, 0.1) is 10.1 Å². The Morgan fingerprint density at radius 2 is 1.46 bits per heavy atom. The Kier molecular flexibility index (Phi) is 6.01. The number of hydrogen-bond acceptors (Lipinski definition) is 4. The number of non-ortho nitro benzene ring substituents is 1. The van der Waals surface area contributed by atoms with Crippen molar-refractivity contribution >= 4 is 23.0 Å². The fraction of sp³-hybridized carbons (Fsp3) is 0.136. The van der Waals surface area contributed by atoms with Gasteiger partial charge in [-0.2, -0.15) is 0 Å². The van der Waals surface area contributed by atoms with E-state index in [0.717, 1.165) is 30.5 Å². The summed E-state index contributed by atoms with van der Waals surface area (Å²) in [5.74, 6) is -0.967. The van der Waals surface area contributed by atoms with Gasteiger partial charge in [-0.15, -0.1) is 0 Å². The smallest absolute Gasteiger partial charge is 0.337 e. The number of nitrogens with one attached hydrogen (secondary N) is 1. The van der Waals surface area contributed by atoms with Gasteiger partial charge in [0.05, 0.1) is 16.2 Å². The standard InChI is InChI=1S/C22H20N2O4/c25-22(26)20-6-1-2-7-21(20)23-18-12-8-16(9-13-18)4-3-5-17-10-14-19(15-11-17)24(27)28/h1-2,6-15,23H,3-5H2,(H,25,26). The maximum Gasteiger partial charge on any atom is 0.337 e. The van der Waals surface area contributed by atoms with Gasteiger partial charge in [-0.25, -0.2) is 4.79 Å². The number of anilines is 2. The first-order valence-corrected chi connectivity index (χ1v) is 8.94. The third-order valence-corrected chi connectivity index (χ3v) is 4.47. The predicted molar refractivity (Wildman–Crippen MR) is 108 cm³/mol. The molecule has 2 N–H and O–H groups in total. The lowest BCUT2D eigenvalue weighted by Crippen LogP contribution is -2.02. The molecule has 0 heterocycles. The molecule has 6 heteroatoms. The van der Waals surface area contributed by atoms with Gasteiger partial charge in [-0.05, 0) is 54.7 Å². The van der Waals surface area contributed by atoms with Crippen LogP contribution in [0.5, 0.6) is 0 Å². The second-order valence-electron chi connectivity index (χ2n) is 6.45. The number of rotatable bonds is 8. The van der Waals surface area contributed by atoms with Gasteiger partial charge in [0.25, 0.3) is 5.69 Å². The summed E-state index contributed by atoms with van der Waals surface area (Å²) in [5.41, 5.74) is 3.98. The number of aromatic carboxylic acids is 1. The van der Waals surface area contributed by atoms with Crippen molar-refractivity contribution in [2.24, 2.45) is 0 Å². The van der Waals surface area contributed by atoms with Gasteiger partial charge in [-0.3, -0.25) is 10.1 Å². The fourth-order valence-electron chi connectivity index (χ4n) is 2.97. The monoisotopic (exact) mass is 376 g/mol. The van der Waals surface area contributed by atoms with Crippen LogP contribution in [0.2, 0.25) is 0 Å². The van der Waals surface area contributed by atoms with Crippen molar-refractivity contribution < 1.29 is 14.8 Å². The predicted octanol–water partition coefficient (Wildman–Crippen LogP) is 5.21. The molecule has 0 saturated heterocycles. The molecule has 28 heavy (non-hydrogen) atoms. The molecule has 0 aliphatic carbocycles. The minimum absolute atomic E-state index is 0.108. The summed E-state index contributed by atoms with van der Waals surface area (Å²) in [7, 11) is 0. The van der Waals surface area contributed by atoms with Crippen molar-refractivity contribution in [1.29, 1.82) is 0 Å². The molecule has 0 aliphatic rings. The average molecular weight is 376 g/mol. The van der Waals surface area contributed by atoms with Gasteiger partial charge in [0.2, 0.25) is 0 Å². The molecule has 0 aliphatic heterocycles. The van der Waals surface area contributed by atoms with Crippen LogP contribution in [0.4, 0.5) is 17.1 Å². The summed E-state index contributed by atoms with van der Waals surface area (Å²) in [4.78, 5) is 21.6. The van der Waals surface area contributed by atoms with E-state index in [0.29, 0.717) is 5.69 Å². The van der Waals surface area contributed by atoms with E-state index in [9.17, 15) is 20.0 Å². The van der Waals surface area contributed by atoms with E-state index in [1.54, 1.807) is 36.4 Å². The van der Waals surface area contributed by atoms with E-state index in [1.165, 1.54) is 17.7 Å². The molecule has 3 aromatic carbocycles. The second-order valence-corrected chi connectivity index (χ2v) is 6.45. The number of carbonyl (C=O) groups is 1. The van der Waals surface area contributed by atoms with Crippen LogP contribution in [-0.2, 0) is 12.8 Å². The molecule has 0 amide bonds. The number of nitro benzene ring substituents is 1. The Morgan fingerprint density at radius 3 is 2.04 bits per heavy atom. The van der Waals surface area contributed by atoms with Crippen molar-refractivity contribution in [3.05, 3.63) is 99.6 Å². The lowest BCUT2D eigenvalue weighted by molar-refractivity contribution is -0.384. The minimum atomic E-state index is -0.967. The average Bonchev–Trinajstić information content (AvgIpc) is 2.70. The van der Waals surface area contributed by atoms with Crippen LogP contribution in [0.25, 0.3) is 0 Å². The highest BCUT2D eigenvalue weighted by atomic mass is 16.6. The SMILES string of the molecule is O=C(O)c1ccccc1Nc1ccc(CCCc2ccc([N+](=O)[O-])cc2)cc1. The quantitative estimate of drug-likeness (QED) is 0.416. The van der Waals surface area contributed by atoms with E-state index in [1.807, 2.05) is 24.3 Å². The maximum atomic E-state index is 11.3. The van der Waals surface area contributed by atoms with Gasteiger partial charge >= 0.3 is 5.97 Å². The Bertz CT molecular complexity index is 967. The van der Waals surface area contributed by atoms with Crippen molar-refractivity contribution in [3.63, 3.8) is 0 Å². The number of hydrogen-bond donors (Lipinski definition) is 2. The molecule has 0 saturated carbocycles. The Balaban J connectivity index is 1.55. The largest absolute Gasteiger partial charge is 0.478 e. The molecular weight excluding hydrogens is 356 g/mol. The van der Waals surface area contributed by atoms with Crippen molar-refractivity contribution in [1.82, 2.24) is 0 Å².